The van der Waals surface area contributed by atoms with Gasteiger partial charge in [-0.1, -0.05) is 25.1 Å². The zero-order valence-corrected chi connectivity index (χ0v) is 12.6. The molecule has 2 aliphatic rings. The van der Waals surface area contributed by atoms with Gasteiger partial charge in [0.15, 0.2) is 0 Å². The first kappa shape index (κ1) is 13.2. The molecule has 3 heteroatoms. The van der Waals surface area contributed by atoms with E-state index in [1.807, 2.05) is 6.20 Å². The van der Waals surface area contributed by atoms with Gasteiger partial charge < -0.3 is 5.32 Å². The van der Waals surface area contributed by atoms with E-state index in [0.29, 0.717) is 0 Å². The Balaban J connectivity index is 1.63. The van der Waals surface area contributed by atoms with Crippen LogP contribution in [0.4, 0.5) is 0 Å². The fraction of sp³-hybridized carbons (Fsp3) is 0.500. The summed E-state index contributed by atoms with van der Waals surface area (Å²) in [6, 6.07) is 11.4. The minimum absolute atomic E-state index is 0.733. The van der Waals surface area contributed by atoms with Gasteiger partial charge in [0.25, 0.3) is 0 Å². The van der Waals surface area contributed by atoms with Crippen LogP contribution in [0.3, 0.4) is 0 Å². The number of likely N-dealkylation sites (tertiary alicyclic amines) is 1. The van der Waals surface area contributed by atoms with Crippen molar-refractivity contribution < 1.29 is 0 Å². The van der Waals surface area contributed by atoms with Gasteiger partial charge in [0.2, 0.25) is 0 Å². The molecule has 3 unspecified atom stereocenters. The topological polar surface area (TPSA) is 28.2 Å². The Kier molecular flexibility index (Phi) is 3.40. The number of para-hydroxylation sites is 1. The molecule has 1 N–H and O–H groups in total. The number of rotatable bonds is 3. The number of fused-ring (bicyclic) bond motifs is 2. The zero-order chi connectivity index (χ0) is 14.2. The number of aromatic nitrogens is 1. The Morgan fingerprint density at radius 3 is 3.05 bits per heavy atom. The number of nitrogens with zero attached hydrogens (tertiary/aromatic N) is 2. The van der Waals surface area contributed by atoms with Crippen LogP contribution in [0, 0.1) is 11.8 Å². The predicted molar refractivity (Wildman–Crippen MR) is 86.1 cm³/mol. The van der Waals surface area contributed by atoms with Crippen molar-refractivity contribution in [3.63, 3.8) is 0 Å². The molecule has 0 amide bonds. The van der Waals surface area contributed by atoms with Crippen molar-refractivity contribution in [2.24, 2.45) is 11.8 Å². The fourth-order valence-corrected chi connectivity index (χ4v) is 4.37. The average Bonchev–Trinajstić information content (AvgIpc) is 3.08. The van der Waals surface area contributed by atoms with Gasteiger partial charge in [-0.3, -0.25) is 9.88 Å². The third kappa shape index (κ3) is 2.25. The highest BCUT2D eigenvalue weighted by molar-refractivity contribution is 5.81. The highest BCUT2D eigenvalue weighted by Crippen LogP contribution is 2.35. The molecule has 2 aromatic rings. The van der Waals surface area contributed by atoms with Crippen LogP contribution >= 0.6 is 0 Å². The molecule has 2 aliphatic heterocycles. The largest absolute Gasteiger partial charge is 0.316 e. The predicted octanol–water partition coefficient (Wildman–Crippen LogP) is 2.66. The van der Waals surface area contributed by atoms with Gasteiger partial charge in [0.1, 0.15) is 0 Å². The Morgan fingerprint density at radius 1 is 1.24 bits per heavy atom. The summed E-state index contributed by atoms with van der Waals surface area (Å²) in [5, 5.41) is 4.88. The molecule has 110 valence electrons. The molecule has 3 nitrogen and oxygen atoms in total. The van der Waals surface area contributed by atoms with Crippen LogP contribution in [0.15, 0.2) is 36.5 Å². The van der Waals surface area contributed by atoms with Crippen LogP contribution in [0.5, 0.6) is 0 Å². The average molecular weight is 281 g/mol. The fourth-order valence-electron chi connectivity index (χ4n) is 4.37. The molecule has 1 aromatic carbocycles. The molecular formula is C18H23N3. The number of hydrogen-bond acceptors (Lipinski definition) is 3. The zero-order valence-electron chi connectivity index (χ0n) is 12.6. The SMILES string of the molecule is CCC1C2CNCC2CN1Cc1ccnc2ccccc12. The van der Waals surface area contributed by atoms with Gasteiger partial charge in [-0.25, -0.2) is 0 Å². The molecular weight excluding hydrogens is 258 g/mol. The van der Waals surface area contributed by atoms with Crippen molar-refractivity contribution >= 4 is 10.9 Å². The van der Waals surface area contributed by atoms with E-state index in [4.69, 9.17) is 0 Å². The first-order chi connectivity index (χ1) is 10.4. The van der Waals surface area contributed by atoms with E-state index in [-0.39, 0.29) is 0 Å². The smallest absolute Gasteiger partial charge is 0.0705 e. The summed E-state index contributed by atoms with van der Waals surface area (Å²) in [6.45, 7) is 7.05. The van der Waals surface area contributed by atoms with E-state index in [1.165, 1.54) is 37.0 Å². The molecule has 1 aromatic heterocycles. The lowest BCUT2D eigenvalue weighted by Crippen LogP contribution is -2.34. The van der Waals surface area contributed by atoms with Crippen molar-refractivity contribution in [3.8, 4) is 0 Å². The summed E-state index contributed by atoms with van der Waals surface area (Å²) >= 11 is 0. The molecule has 4 rings (SSSR count). The lowest BCUT2D eigenvalue weighted by Gasteiger charge is -2.27. The molecule has 0 spiro atoms. The maximum absolute atomic E-state index is 4.48. The third-order valence-electron chi connectivity index (χ3n) is 5.36. The maximum Gasteiger partial charge on any atom is 0.0705 e. The number of benzene rings is 1. The van der Waals surface area contributed by atoms with E-state index in [1.54, 1.807) is 0 Å². The summed E-state index contributed by atoms with van der Waals surface area (Å²) in [4.78, 5) is 7.19. The van der Waals surface area contributed by atoms with Crippen molar-refractivity contribution in [1.29, 1.82) is 0 Å². The summed E-state index contributed by atoms with van der Waals surface area (Å²) in [7, 11) is 0. The summed E-state index contributed by atoms with van der Waals surface area (Å²) < 4.78 is 0. The highest BCUT2D eigenvalue weighted by Gasteiger charge is 2.42. The van der Waals surface area contributed by atoms with Crippen LogP contribution < -0.4 is 5.32 Å². The van der Waals surface area contributed by atoms with Crippen molar-refractivity contribution in [1.82, 2.24) is 15.2 Å². The molecule has 0 bridgehead atoms. The Bertz CT molecular complexity index is 634. The van der Waals surface area contributed by atoms with E-state index < -0.39 is 0 Å². The standard InChI is InChI=1S/C18H23N3/c1-2-18-16-10-19-9-14(16)12-21(18)11-13-7-8-20-17-6-4-3-5-15(13)17/h3-8,14,16,18-19H,2,9-12H2,1H3. The lowest BCUT2D eigenvalue weighted by atomic mass is 9.93. The molecule has 0 aliphatic carbocycles. The van der Waals surface area contributed by atoms with E-state index in [9.17, 15) is 0 Å². The normalized spacial score (nSPS) is 29.1. The Hall–Kier alpha value is -1.45. The monoisotopic (exact) mass is 281 g/mol. The van der Waals surface area contributed by atoms with Gasteiger partial charge in [0, 0.05) is 30.7 Å². The van der Waals surface area contributed by atoms with Crippen LogP contribution in [-0.2, 0) is 6.54 Å². The van der Waals surface area contributed by atoms with Gasteiger partial charge >= 0.3 is 0 Å². The third-order valence-corrected chi connectivity index (χ3v) is 5.36. The Labute approximate surface area is 126 Å². The minimum atomic E-state index is 0.733. The number of hydrogen-bond donors (Lipinski definition) is 1. The van der Waals surface area contributed by atoms with Crippen molar-refractivity contribution in [2.45, 2.75) is 25.9 Å². The van der Waals surface area contributed by atoms with Crippen molar-refractivity contribution in [2.75, 3.05) is 19.6 Å². The molecule has 0 radical (unpaired) electrons. The molecule has 2 fully saturated rings. The molecule has 3 heterocycles. The summed E-state index contributed by atoms with van der Waals surface area (Å²) in [6.07, 6.45) is 3.21. The first-order valence-electron chi connectivity index (χ1n) is 8.14. The van der Waals surface area contributed by atoms with E-state index >= 15 is 0 Å². The Morgan fingerprint density at radius 2 is 2.14 bits per heavy atom. The second-order valence-electron chi connectivity index (χ2n) is 6.47. The summed E-state index contributed by atoms with van der Waals surface area (Å²) in [5.74, 6) is 1.70. The van der Waals surface area contributed by atoms with Crippen LogP contribution in [0.2, 0.25) is 0 Å². The number of nitrogens with one attached hydrogen (secondary N) is 1. The van der Waals surface area contributed by atoms with Crippen LogP contribution in [0.25, 0.3) is 10.9 Å². The second-order valence-corrected chi connectivity index (χ2v) is 6.47. The van der Waals surface area contributed by atoms with Gasteiger partial charge in [-0.05, 0) is 49.0 Å². The van der Waals surface area contributed by atoms with E-state index in [0.717, 1.165) is 29.9 Å². The molecule has 3 atom stereocenters. The van der Waals surface area contributed by atoms with Crippen molar-refractivity contribution in [3.05, 3.63) is 42.1 Å². The van der Waals surface area contributed by atoms with Gasteiger partial charge in [0.05, 0.1) is 5.52 Å². The molecule has 2 saturated heterocycles. The van der Waals surface area contributed by atoms with E-state index in [2.05, 4.69) is 52.5 Å². The molecule has 21 heavy (non-hydrogen) atoms. The molecule has 0 saturated carbocycles. The minimum Gasteiger partial charge on any atom is -0.316 e. The maximum atomic E-state index is 4.48. The highest BCUT2D eigenvalue weighted by atomic mass is 15.2. The lowest BCUT2D eigenvalue weighted by molar-refractivity contribution is 0.211. The number of pyridine rings is 1. The quantitative estimate of drug-likeness (QED) is 0.937. The van der Waals surface area contributed by atoms with Gasteiger partial charge in [-0.15, -0.1) is 0 Å². The van der Waals surface area contributed by atoms with Crippen LogP contribution in [-0.4, -0.2) is 35.6 Å². The van der Waals surface area contributed by atoms with Gasteiger partial charge in [-0.2, -0.15) is 0 Å². The first-order valence-corrected chi connectivity index (χ1v) is 8.14. The summed E-state index contributed by atoms with van der Waals surface area (Å²) in [5.41, 5.74) is 2.54. The second kappa shape index (κ2) is 5.39. The van der Waals surface area contributed by atoms with Crippen LogP contribution in [0.1, 0.15) is 18.9 Å².